The van der Waals surface area contributed by atoms with Gasteiger partial charge in [0.25, 0.3) is 0 Å². The number of hydrogen-bond donors (Lipinski definition) is 0. The van der Waals surface area contributed by atoms with Gasteiger partial charge in [-0.3, -0.25) is 0 Å². The second-order valence-corrected chi connectivity index (χ2v) is 6.34. The first-order valence-corrected chi connectivity index (χ1v) is 9.05. The third-order valence-electron chi connectivity index (χ3n) is 4.20. The average molecular weight is 342 g/mol. The van der Waals surface area contributed by atoms with Crippen molar-refractivity contribution in [3.05, 3.63) is 53.1 Å². The number of rotatable bonds is 10. The Labute approximate surface area is 151 Å². The molecule has 0 N–H and O–H groups in total. The summed E-state index contributed by atoms with van der Waals surface area (Å²) in [6, 6.07) is 13.1. The van der Waals surface area contributed by atoms with Crippen LogP contribution in [0.25, 0.3) is 11.1 Å². The zero-order chi connectivity index (χ0) is 18.1. The first-order valence-electron chi connectivity index (χ1n) is 9.05. The van der Waals surface area contributed by atoms with E-state index in [4.69, 9.17) is 14.2 Å². The smallest absolute Gasteiger partial charge is 0.122 e. The van der Waals surface area contributed by atoms with E-state index in [0.717, 1.165) is 18.6 Å². The molecule has 0 aliphatic carbocycles. The molecule has 0 aliphatic heterocycles. The van der Waals surface area contributed by atoms with Gasteiger partial charge in [0.1, 0.15) is 12.4 Å². The molecule has 0 heterocycles. The van der Waals surface area contributed by atoms with Crippen molar-refractivity contribution < 1.29 is 14.2 Å². The van der Waals surface area contributed by atoms with Crippen LogP contribution in [0.1, 0.15) is 30.0 Å². The van der Waals surface area contributed by atoms with E-state index >= 15 is 0 Å². The summed E-state index contributed by atoms with van der Waals surface area (Å²) in [4.78, 5) is 0. The quantitative estimate of drug-likeness (QED) is 0.571. The molecule has 0 saturated carbocycles. The van der Waals surface area contributed by atoms with E-state index in [9.17, 15) is 0 Å². The van der Waals surface area contributed by atoms with Gasteiger partial charge in [-0.2, -0.15) is 0 Å². The minimum absolute atomic E-state index is 0.559. The molecule has 0 fully saturated rings. The maximum absolute atomic E-state index is 5.95. The fraction of sp³-hybridized carbons (Fsp3) is 0.455. The fourth-order valence-corrected chi connectivity index (χ4v) is 2.85. The molecule has 0 aromatic heterocycles. The number of methoxy groups -OCH3 is 1. The fourth-order valence-electron chi connectivity index (χ4n) is 2.85. The van der Waals surface area contributed by atoms with Crippen LogP contribution in [0.5, 0.6) is 5.75 Å². The summed E-state index contributed by atoms with van der Waals surface area (Å²) in [5.74, 6) is 0.964. The molecule has 0 unspecified atom stereocenters. The van der Waals surface area contributed by atoms with Gasteiger partial charge in [-0.15, -0.1) is 0 Å². The Morgan fingerprint density at radius 1 is 0.880 bits per heavy atom. The minimum Gasteiger partial charge on any atom is -0.491 e. The highest BCUT2D eigenvalue weighted by Gasteiger charge is 2.08. The third-order valence-corrected chi connectivity index (χ3v) is 4.20. The van der Waals surface area contributed by atoms with Crippen molar-refractivity contribution in [3.8, 4) is 16.9 Å². The maximum atomic E-state index is 5.95. The van der Waals surface area contributed by atoms with Crippen LogP contribution in [0, 0.1) is 13.8 Å². The van der Waals surface area contributed by atoms with Gasteiger partial charge in [0.05, 0.1) is 19.8 Å². The Kier molecular flexibility index (Phi) is 7.96. The molecular weight excluding hydrogens is 312 g/mol. The van der Waals surface area contributed by atoms with E-state index in [1.54, 1.807) is 7.11 Å². The van der Waals surface area contributed by atoms with Crippen LogP contribution in [-0.4, -0.2) is 33.5 Å². The lowest BCUT2D eigenvalue weighted by Crippen LogP contribution is -2.10. The van der Waals surface area contributed by atoms with Crippen LogP contribution in [0.4, 0.5) is 0 Å². The van der Waals surface area contributed by atoms with Crippen molar-refractivity contribution in [3.63, 3.8) is 0 Å². The molecule has 0 spiro atoms. The number of benzene rings is 2. The molecule has 2 rings (SSSR count). The second kappa shape index (κ2) is 10.2. The van der Waals surface area contributed by atoms with Crippen molar-refractivity contribution in [2.75, 3.05) is 33.5 Å². The Morgan fingerprint density at radius 3 is 2.44 bits per heavy atom. The Hall–Kier alpha value is -1.84. The van der Waals surface area contributed by atoms with E-state index < -0.39 is 0 Å². The zero-order valence-electron chi connectivity index (χ0n) is 15.9. The average Bonchev–Trinajstić information content (AvgIpc) is 2.61. The maximum Gasteiger partial charge on any atom is 0.122 e. The topological polar surface area (TPSA) is 27.7 Å². The van der Waals surface area contributed by atoms with E-state index in [1.807, 2.05) is 0 Å². The van der Waals surface area contributed by atoms with Crippen LogP contribution >= 0.6 is 0 Å². The summed E-state index contributed by atoms with van der Waals surface area (Å²) in [7, 11) is 1.67. The molecule has 25 heavy (non-hydrogen) atoms. The van der Waals surface area contributed by atoms with Gasteiger partial charge < -0.3 is 14.2 Å². The van der Waals surface area contributed by atoms with Crippen molar-refractivity contribution in [1.82, 2.24) is 0 Å². The Bertz CT molecular complexity index is 664. The van der Waals surface area contributed by atoms with Crippen LogP contribution in [0.2, 0.25) is 0 Å². The monoisotopic (exact) mass is 342 g/mol. The van der Waals surface area contributed by atoms with Gasteiger partial charge in [-0.05, 0) is 54.7 Å². The lowest BCUT2D eigenvalue weighted by molar-refractivity contribution is 0.0543. The highest BCUT2D eigenvalue weighted by atomic mass is 16.5. The molecule has 3 nitrogen and oxygen atoms in total. The molecule has 0 aliphatic rings. The minimum atomic E-state index is 0.559. The number of ether oxygens (including phenoxy) is 3. The van der Waals surface area contributed by atoms with E-state index in [1.165, 1.54) is 27.8 Å². The molecule has 2 aromatic carbocycles. The molecule has 0 atom stereocenters. The molecule has 0 radical (unpaired) electrons. The SMILES string of the molecule is CCCc1cc(-c2cc(C)ccc2C)ccc1OCCOCCOC. The van der Waals surface area contributed by atoms with Gasteiger partial charge in [-0.1, -0.05) is 43.2 Å². The molecule has 0 amide bonds. The normalized spacial score (nSPS) is 10.9. The highest BCUT2D eigenvalue weighted by molar-refractivity contribution is 5.69. The molecule has 136 valence electrons. The summed E-state index contributed by atoms with van der Waals surface area (Å²) in [6.45, 7) is 8.85. The summed E-state index contributed by atoms with van der Waals surface area (Å²) in [6.07, 6.45) is 2.11. The lowest BCUT2D eigenvalue weighted by Gasteiger charge is -2.14. The standard InChI is InChI=1S/C22H30O3/c1-5-6-20-16-19(21-15-17(2)7-8-18(21)3)9-10-22(20)25-14-13-24-12-11-23-4/h7-10,15-16H,5-6,11-14H2,1-4H3. The zero-order valence-corrected chi connectivity index (χ0v) is 15.9. The van der Waals surface area contributed by atoms with Gasteiger partial charge >= 0.3 is 0 Å². The van der Waals surface area contributed by atoms with Crippen LogP contribution in [0.3, 0.4) is 0 Å². The van der Waals surface area contributed by atoms with E-state index in [2.05, 4.69) is 57.2 Å². The summed E-state index contributed by atoms with van der Waals surface area (Å²) in [5.41, 5.74) is 6.40. The van der Waals surface area contributed by atoms with Crippen LogP contribution in [-0.2, 0) is 15.9 Å². The molecule has 0 saturated heterocycles. The summed E-state index contributed by atoms with van der Waals surface area (Å²) in [5, 5.41) is 0. The molecule has 0 bridgehead atoms. The molecular formula is C22H30O3. The Morgan fingerprint density at radius 2 is 1.68 bits per heavy atom. The van der Waals surface area contributed by atoms with E-state index in [0.29, 0.717) is 26.4 Å². The molecule has 2 aromatic rings. The summed E-state index contributed by atoms with van der Waals surface area (Å²) < 4.78 is 16.4. The predicted molar refractivity (Wildman–Crippen MR) is 104 cm³/mol. The van der Waals surface area contributed by atoms with Crippen molar-refractivity contribution in [2.45, 2.75) is 33.6 Å². The van der Waals surface area contributed by atoms with Crippen molar-refractivity contribution in [1.29, 1.82) is 0 Å². The van der Waals surface area contributed by atoms with Crippen LogP contribution in [0.15, 0.2) is 36.4 Å². The van der Waals surface area contributed by atoms with Gasteiger partial charge in [0.15, 0.2) is 0 Å². The van der Waals surface area contributed by atoms with Gasteiger partial charge in [-0.25, -0.2) is 0 Å². The number of hydrogen-bond acceptors (Lipinski definition) is 3. The largest absolute Gasteiger partial charge is 0.491 e. The summed E-state index contributed by atoms with van der Waals surface area (Å²) >= 11 is 0. The van der Waals surface area contributed by atoms with Crippen LogP contribution < -0.4 is 4.74 Å². The van der Waals surface area contributed by atoms with E-state index in [-0.39, 0.29) is 0 Å². The highest BCUT2D eigenvalue weighted by Crippen LogP contribution is 2.30. The molecule has 3 heteroatoms. The van der Waals surface area contributed by atoms with Crippen molar-refractivity contribution in [2.24, 2.45) is 0 Å². The third kappa shape index (κ3) is 5.87. The van der Waals surface area contributed by atoms with Crippen molar-refractivity contribution >= 4 is 0 Å². The van der Waals surface area contributed by atoms with Gasteiger partial charge in [0.2, 0.25) is 0 Å². The van der Waals surface area contributed by atoms with Gasteiger partial charge in [0, 0.05) is 7.11 Å². The Balaban J connectivity index is 2.10. The first kappa shape index (κ1) is 19.5. The lowest BCUT2D eigenvalue weighted by atomic mass is 9.95. The predicted octanol–water partition coefficient (Wildman–Crippen LogP) is 4.96. The first-order chi connectivity index (χ1) is 12.2. The second-order valence-electron chi connectivity index (χ2n) is 6.34. The number of aryl methyl sites for hydroxylation is 3.